The molecule has 2 fully saturated rings. The quantitative estimate of drug-likeness (QED) is 0.599. The van der Waals surface area contributed by atoms with Gasteiger partial charge in [0.25, 0.3) is 15.9 Å². The Morgan fingerprint density at radius 3 is 2.33 bits per heavy atom. The second-order valence-corrected chi connectivity index (χ2v) is 10.7. The van der Waals surface area contributed by atoms with Crippen LogP contribution in [0.4, 0.5) is 11.5 Å². The predicted octanol–water partition coefficient (Wildman–Crippen LogP) is 2.89. The van der Waals surface area contributed by atoms with Crippen molar-refractivity contribution >= 4 is 27.4 Å². The van der Waals surface area contributed by atoms with Crippen molar-refractivity contribution in [2.75, 3.05) is 35.8 Å². The number of sulfonamides is 1. The average molecular weight is 472 g/mol. The van der Waals surface area contributed by atoms with Gasteiger partial charge in [-0.05, 0) is 50.8 Å². The molecule has 178 valence electrons. The number of pyridine rings is 1. The van der Waals surface area contributed by atoms with Crippen LogP contribution in [0.15, 0.2) is 29.3 Å². The topological polar surface area (TPSA) is 103 Å². The van der Waals surface area contributed by atoms with Gasteiger partial charge in [-0.2, -0.15) is 0 Å². The smallest absolute Gasteiger partial charge is 0.262 e. The summed E-state index contributed by atoms with van der Waals surface area (Å²) in [6.07, 6.45) is 5.67. The highest BCUT2D eigenvalue weighted by Gasteiger charge is 2.26. The second-order valence-electron chi connectivity index (χ2n) is 9.12. The fraction of sp³-hybridized carbons (Fsp3) is 0.500. The molecule has 0 atom stereocenters. The first-order valence-corrected chi connectivity index (χ1v) is 13.1. The van der Waals surface area contributed by atoms with Gasteiger partial charge in [0.15, 0.2) is 0 Å². The Bertz CT molecular complexity index is 1110. The summed E-state index contributed by atoms with van der Waals surface area (Å²) >= 11 is 0. The molecular weight excluding hydrogens is 438 g/mol. The number of benzene rings is 1. The largest absolute Gasteiger partial charge is 0.353 e. The lowest BCUT2D eigenvalue weighted by molar-refractivity contribution is 0.0938. The Hall–Kier alpha value is -2.65. The standard InChI is InChI=1S/C24H33N5O3S/c1-16-12-17(2)22(18(3)13-16)33(31,32)28-20-14-21(24(30)27-19-6-4-5-7-19)23(26-15-20)29-10-8-25-9-11-29/h12-15,19,25,28H,4-11H2,1-3H3,(H,27,30). The third-order valence-electron chi connectivity index (χ3n) is 6.34. The summed E-state index contributed by atoms with van der Waals surface area (Å²) in [4.78, 5) is 20.1. The van der Waals surface area contributed by atoms with Crippen LogP contribution in [0.3, 0.4) is 0 Å². The van der Waals surface area contributed by atoms with E-state index in [0.29, 0.717) is 22.5 Å². The molecule has 2 aliphatic rings. The first-order chi connectivity index (χ1) is 15.7. The van der Waals surface area contributed by atoms with Crippen LogP contribution in [0.1, 0.15) is 52.7 Å². The van der Waals surface area contributed by atoms with Gasteiger partial charge in [0.1, 0.15) is 5.82 Å². The number of amides is 1. The summed E-state index contributed by atoms with van der Waals surface area (Å²) in [6.45, 7) is 8.63. The molecule has 8 nitrogen and oxygen atoms in total. The average Bonchev–Trinajstić information content (AvgIpc) is 3.26. The number of nitrogens with zero attached hydrogens (tertiary/aromatic N) is 2. The van der Waals surface area contributed by atoms with E-state index in [1.807, 2.05) is 19.1 Å². The number of nitrogens with one attached hydrogen (secondary N) is 3. The number of hydrogen-bond acceptors (Lipinski definition) is 6. The van der Waals surface area contributed by atoms with Crippen LogP contribution in [0.2, 0.25) is 0 Å². The van der Waals surface area contributed by atoms with Crippen molar-refractivity contribution in [3.63, 3.8) is 0 Å². The van der Waals surface area contributed by atoms with Gasteiger partial charge in [-0.1, -0.05) is 30.5 Å². The normalized spacial score (nSPS) is 17.2. The SMILES string of the molecule is Cc1cc(C)c(S(=O)(=O)Nc2cnc(N3CCNCC3)c(C(=O)NC3CCCC3)c2)c(C)c1. The predicted molar refractivity (Wildman–Crippen MR) is 131 cm³/mol. The number of rotatable bonds is 6. The number of aryl methyl sites for hydroxylation is 3. The molecule has 0 radical (unpaired) electrons. The number of hydrogen-bond donors (Lipinski definition) is 3. The van der Waals surface area contributed by atoms with E-state index in [0.717, 1.165) is 57.4 Å². The molecule has 3 N–H and O–H groups in total. The van der Waals surface area contributed by atoms with E-state index in [9.17, 15) is 13.2 Å². The molecule has 2 heterocycles. The van der Waals surface area contributed by atoms with Crippen molar-refractivity contribution in [3.05, 3.63) is 46.6 Å². The van der Waals surface area contributed by atoms with Crippen molar-refractivity contribution in [3.8, 4) is 0 Å². The summed E-state index contributed by atoms with van der Waals surface area (Å²) < 4.78 is 29.1. The maximum absolute atomic E-state index is 13.2. The Balaban J connectivity index is 1.66. The lowest BCUT2D eigenvalue weighted by atomic mass is 10.1. The summed E-state index contributed by atoms with van der Waals surface area (Å²) in [7, 11) is -3.84. The van der Waals surface area contributed by atoms with Crippen LogP contribution in [0.25, 0.3) is 0 Å². The van der Waals surface area contributed by atoms with Crippen molar-refractivity contribution in [1.29, 1.82) is 0 Å². The fourth-order valence-corrected chi connectivity index (χ4v) is 6.43. The molecule has 1 aromatic carbocycles. The van der Waals surface area contributed by atoms with E-state index < -0.39 is 10.0 Å². The van der Waals surface area contributed by atoms with Crippen molar-refractivity contribution in [2.24, 2.45) is 0 Å². The van der Waals surface area contributed by atoms with E-state index in [1.165, 1.54) is 6.20 Å². The van der Waals surface area contributed by atoms with E-state index in [1.54, 1.807) is 19.9 Å². The third-order valence-corrected chi connectivity index (χ3v) is 8.03. The Kier molecular flexibility index (Phi) is 6.90. The number of anilines is 2. The van der Waals surface area contributed by atoms with Crippen LogP contribution >= 0.6 is 0 Å². The van der Waals surface area contributed by atoms with Crippen molar-refractivity contribution < 1.29 is 13.2 Å². The molecule has 1 aromatic heterocycles. The van der Waals surface area contributed by atoms with Gasteiger partial charge in [0.2, 0.25) is 0 Å². The zero-order chi connectivity index (χ0) is 23.6. The molecule has 2 aromatic rings. The molecule has 1 aliphatic carbocycles. The number of piperazine rings is 1. The monoisotopic (exact) mass is 471 g/mol. The van der Waals surface area contributed by atoms with E-state index in [2.05, 4.69) is 25.2 Å². The Morgan fingerprint density at radius 1 is 1.06 bits per heavy atom. The highest BCUT2D eigenvalue weighted by molar-refractivity contribution is 7.92. The third kappa shape index (κ3) is 5.30. The lowest BCUT2D eigenvalue weighted by Crippen LogP contribution is -2.45. The first kappa shape index (κ1) is 23.5. The summed E-state index contributed by atoms with van der Waals surface area (Å²) in [6, 6.07) is 5.48. The van der Waals surface area contributed by atoms with Gasteiger partial charge in [-0.3, -0.25) is 9.52 Å². The molecule has 0 spiro atoms. The van der Waals surface area contributed by atoms with Crippen LogP contribution in [-0.4, -0.2) is 51.5 Å². The fourth-order valence-electron chi connectivity index (χ4n) is 4.94. The summed E-state index contributed by atoms with van der Waals surface area (Å²) in [5, 5.41) is 6.43. The zero-order valence-electron chi connectivity index (χ0n) is 19.6. The van der Waals surface area contributed by atoms with Crippen LogP contribution in [0, 0.1) is 20.8 Å². The van der Waals surface area contributed by atoms with Gasteiger partial charge >= 0.3 is 0 Å². The Morgan fingerprint density at radius 2 is 1.70 bits per heavy atom. The molecule has 1 saturated carbocycles. The second kappa shape index (κ2) is 9.69. The van der Waals surface area contributed by atoms with Crippen molar-refractivity contribution in [2.45, 2.75) is 57.4 Å². The minimum atomic E-state index is -3.84. The summed E-state index contributed by atoms with van der Waals surface area (Å²) in [5.74, 6) is 0.393. The Labute approximate surface area is 196 Å². The highest BCUT2D eigenvalue weighted by atomic mass is 32.2. The molecule has 4 rings (SSSR count). The number of aromatic nitrogens is 1. The number of carbonyl (C=O) groups is 1. The highest BCUT2D eigenvalue weighted by Crippen LogP contribution is 2.27. The van der Waals surface area contributed by atoms with Gasteiger partial charge in [0, 0.05) is 32.2 Å². The van der Waals surface area contributed by atoms with E-state index in [-0.39, 0.29) is 22.5 Å². The van der Waals surface area contributed by atoms with Crippen molar-refractivity contribution in [1.82, 2.24) is 15.6 Å². The van der Waals surface area contributed by atoms with Gasteiger partial charge in [-0.25, -0.2) is 13.4 Å². The zero-order valence-corrected chi connectivity index (χ0v) is 20.4. The minimum Gasteiger partial charge on any atom is -0.353 e. The molecule has 1 aliphatic heterocycles. The van der Waals surface area contributed by atoms with Gasteiger partial charge < -0.3 is 15.5 Å². The minimum absolute atomic E-state index is 0.159. The van der Waals surface area contributed by atoms with Crippen LogP contribution in [-0.2, 0) is 10.0 Å². The van der Waals surface area contributed by atoms with Crippen LogP contribution in [0.5, 0.6) is 0 Å². The molecule has 33 heavy (non-hydrogen) atoms. The maximum Gasteiger partial charge on any atom is 0.262 e. The molecule has 9 heteroatoms. The van der Waals surface area contributed by atoms with Crippen LogP contribution < -0.4 is 20.3 Å². The molecule has 1 amide bonds. The van der Waals surface area contributed by atoms with Gasteiger partial charge in [-0.15, -0.1) is 0 Å². The molecule has 0 unspecified atom stereocenters. The summed E-state index contributed by atoms with van der Waals surface area (Å²) in [5.41, 5.74) is 3.07. The molecule has 1 saturated heterocycles. The molecular formula is C24H33N5O3S. The van der Waals surface area contributed by atoms with E-state index >= 15 is 0 Å². The van der Waals surface area contributed by atoms with E-state index in [4.69, 9.17) is 0 Å². The lowest BCUT2D eigenvalue weighted by Gasteiger charge is -2.30. The first-order valence-electron chi connectivity index (χ1n) is 11.6. The number of carbonyl (C=O) groups excluding carboxylic acids is 1. The van der Waals surface area contributed by atoms with Gasteiger partial charge in [0.05, 0.1) is 22.3 Å². The molecule has 0 bridgehead atoms. The maximum atomic E-state index is 13.2.